The quantitative estimate of drug-likeness (QED) is 0.470. The Morgan fingerprint density at radius 2 is 1.72 bits per heavy atom. The summed E-state index contributed by atoms with van der Waals surface area (Å²) in [5.41, 5.74) is 0.343. The van der Waals surface area contributed by atoms with Gasteiger partial charge in [0, 0.05) is 6.54 Å². The molecule has 0 saturated carbocycles. The lowest BCUT2D eigenvalue weighted by Crippen LogP contribution is -2.44. The molecule has 0 saturated heterocycles. The van der Waals surface area contributed by atoms with Crippen LogP contribution in [0, 0.1) is 17.1 Å². The minimum absolute atomic E-state index is 0.114. The van der Waals surface area contributed by atoms with Crippen LogP contribution >= 0.6 is 0 Å². The number of nitrogens with zero attached hydrogens (tertiary/aromatic N) is 1. The van der Waals surface area contributed by atoms with Crippen LogP contribution in [-0.4, -0.2) is 42.3 Å². The molecule has 25 heavy (non-hydrogen) atoms. The lowest BCUT2D eigenvalue weighted by Gasteiger charge is -2.20. The summed E-state index contributed by atoms with van der Waals surface area (Å²) in [4.78, 5) is 0. The molecule has 0 radical (unpaired) electrons. The maximum Gasteiger partial charge on any atom is 0.165 e. The van der Waals surface area contributed by atoms with Gasteiger partial charge in [0.1, 0.15) is 37.4 Å². The molecule has 2 rings (SSSR count). The van der Waals surface area contributed by atoms with Gasteiger partial charge in [0.2, 0.25) is 0 Å². The maximum atomic E-state index is 13.4. The predicted molar refractivity (Wildman–Crippen MR) is 88.6 cm³/mol. The fourth-order valence-corrected chi connectivity index (χ4v) is 2.02. The number of benzene rings is 2. The molecule has 0 fully saturated rings. The highest BCUT2D eigenvalue weighted by Crippen LogP contribution is 2.17. The summed E-state index contributed by atoms with van der Waals surface area (Å²) >= 11 is 0. The van der Waals surface area contributed by atoms with Gasteiger partial charge in [0.15, 0.2) is 11.6 Å². The lowest BCUT2D eigenvalue weighted by atomic mass is 10.2. The minimum Gasteiger partial charge on any atom is -0.489 e. The minimum atomic E-state index is -1.25. The number of nitrogens with one attached hydrogen (secondary N) is 1. The van der Waals surface area contributed by atoms with Crippen molar-refractivity contribution in [2.75, 3.05) is 19.8 Å². The molecule has 3 N–H and O–H groups in total. The van der Waals surface area contributed by atoms with E-state index < -0.39 is 18.1 Å². The second kappa shape index (κ2) is 9.59. The van der Waals surface area contributed by atoms with E-state index in [-0.39, 0.29) is 25.5 Å². The molecule has 0 aliphatic heterocycles. The van der Waals surface area contributed by atoms with Gasteiger partial charge in [-0.3, -0.25) is 5.32 Å². The third-order valence-electron chi connectivity index (χ3n) is 3.33. The molecule has 0 aliphatic carbocycles. The summed E-state index contributed by atoms with van der Waals surface area (Å²) in [5, 5.41) is 31.3. The zero-order chi connectivity index (χ0) is 18.1. The Kier molecular flexibility index (Phi) is 7.16. The Labute approximate surface area is 145 Å². The van der Waals surface area contributed by atoms with E-state index in [1.807, 2.05) is 6.07 Å². The van der Waals surface area contributed by atoms with E-state index in [4.69, 9.17) is 14.7 Å². The van der Waals surface area contributed by atoms with Gasteiger partial charge in [0.25, 0.3) is 0 Å². The Morgan fingerprint density at radius 3 is 2.44 bits per heavy atom. The van der Waals surface area contributed by atoms with Crippen molar-refractivity contribution in [3.8, 4) is 17.6 Å². The van der Waals surface area contributed by atoms with E-state index in [1.54, 1.807) is 36.4 Å². The van der Waals surface area contributed by atoms with Crippen LogP contribution in [-0.2, 0) is 0 Å². The van der Waals surface area contributed by atoms with Crippen molar-refractivity contribution in [2.45, 2.75) is 12.3 Å². The number of rotatable bonds is 9. The van der Waals surface area contributed by atoms with Crippen LogP contribution in [0.15, 0.2) is 48.5 Å². The van der Waals surface area contributed by atoms with E-state index in [9.17, 15) is 14.6 Å². The number of hydrogen-bond donors (Lipinski definition) is 3. The zero-order valence-electron chi connectivity index (χ0n) is 13.4. The van der Waals surface area contributed by atoms with Gasteiger partial charge >= 0.3 is 0 Å². The molecular formula is C18H19FN2O4. The summed E-state index contributed by atoms with van der Waals surface area (Å²) in [7, 11) is 0. The van der Waals surface area contributed by atoms with Crippen molar-refractivity contribution in [1.29, 1.82) is 5.26 Å². The molecule has 2 aromatic rings. The molecule has 7 heteroatoms. The Morgan fingerprint density at radius 1 is 1.04 bits per heavy atom. The van der Waals surface area contributed by atoms with Gasteiger partial charge in [-0.2, -0.15) is 5.26 Å². The standard InChI is InChI=1S/C18H19FN2O4/c19-14-6-2-4-8-17(14)24-10-9-21-18(23)15(22)12-25-16-7-3-1-5-13(16)11-20/h1-8,15,18,21-23H,9-10,12H2. The fourth-order valence-electron chi connectivity index (χ4n) is 2.02. The van der Waals surface area contributed by atoms with Gasteiger partial charge < -0.3 is 19.7 Å². The Hall–Kier alpha value is -2.66. The smallest absolute Gasteiger partial charge is 0.165 e. The highest BCUT2D eigenvalue weighted by molar-refractivity contribution is 5.42. The average Bonchev–Trinajstić information content (AvgIpc) is 2.64. The molecule has 2 aromatic carbocycles. The molecule has 2 atom stereocenters. The molecule has 0 amide bonds. The SMILES string of the molecule is N#Cc1ccccc1OCC(O)C(O)NCCOc1ccccc1F. The van der Waals surface area contributed by atoms with Crippen LogP contribution in [0.2, 0.25) is 0 Å². The third-order valence-corrected chi connectivity index (χ3v) is 3.33. The third kappa shape index (κ3) is 5.72. The van der Waals surface area contributed by atoms with Crippen molar-refractivity contribution in [3.05, 3.63) is 59.9 Å². The van der Waals surface area contributed by atoms with E-state index in [2.05, 4.69) is 5.32 Å². The highest BCUT2D eigenvalue weighted by atomic mass is 19.1. The highest BCUT2D eigenvalue weighted by Gasteiger charge is 2.17. The first-order chi connectivity index (χ1) is 12.1. The molecule has 0 aromatic heterocycles. The first kappa shape index (κ1) is 18.7. The van der Waals surface area contributed by atoms with Crippen LogP contribution in [0.5, 0.6) is 11.5 Å². The van der Waals surface area contributed by atoms with Crippen LogP contribution in [0.4, 0.5) is 4.39 Å². The Bertz CT molecular complexity index is 720. The number of para-hydroxylation sites is 2. The molecule has 2 unspecified atom stereocenters. The maximum absolute atomic E-state index is 13.4. The summed E-state index contributed by atoms with van der Waals surface area (Å²) in [5.74, 6) is -0.0115. The van der Waals surface area contributed by atoms with Crippen molar-refractivity contribution in [2.24, 2.45) is 0 Å². The van der Waals surface area contributed by atoms with Gasteiger partial charge in [-0.1, -0.05) is 24.3 Å². The topological polar surface area (TPSA) is 94.7 Å². The first-order valence-electron chi connectivity index (χ1n) is 7.70. The number of halogens is 1. The van der Waals surface area contributed by atoms with Crippen LogP contribution in [0.3, 0.4) is 0 Å². The van der Waals surface area contributed by atoms with Crippen molar-refractivity contribution < 1.29 is 24.1 Å². The van der Waals surface area contributed by atoms with Crippen LogP contribution in [0.1, 0.15) is 5.56 Å². The van der Waals surface area contributed by atoms with E-state index in [1.165, 1.54) is 12.1 Å². The second-order valence-electron chi connectivity index (χ2n) is 5.16. The molecule has 0 bridgehead atoms. The lowest BCUT2D eigenvalue weighted by molar-refractivity contribution is -0.0262. The van der Waals surface area contributed by atoms with Gasteiger partial charge in [-0.25, -0.2) is 4.39 Å². The molecular weight excluding hydrogens is 327 g/mol. The van der Waals surface area contributed by atoms with Crippen LogP contribution < -0.4 is 14.8 Å². The molecule has 0 spiro atoms. The summed E-state index contributed by atoms with van der Waals surface area (Å²) in [6.07, 6.45) is -2.46. The van der Waals surface area contributed by atoms with E-state index in [0.717, 1.165) is 0 Å². The predicted octanol–water partition coefficient (Wildman–Crippen LogP) is 1.42. The summed E-state index contributed by atoms with van der Waals surface area (Å²) < 4.78 is 23.9. The first-order valence-corrected chi connectivity index (χ1v) is 7.70. The Balaban J connectivity index is 1.70. The summed E-state index contributed by atoms with van der Waals surface area (Å²) in [6.45, 7) is 0.116. The normalized spacial score (nSPS) is 12.9. The van der Waals surface area contributed by atoms with Gasteiger partial charge in [0.05, 0.1) is 5.56 Å². The molecule has 0 heterocycles. The fraction of sp³-hybridized carbons (Fsp3) is 0.278. The number of aliphatic hydroxyl groups is 2. The summed E-state index contributed by atoms with van der Waals surface area (Å²) in [6, 6.07) is 14.6. The molecule has 6 nitrogen and oxygen atoms in total. The van der Waals surface area contributed by atoms with Crippen molar-refractivity contribution in [1.82, 2.24) is 5.32 Å². The monoisotopic (exact) mass is 346 g/mol. The molecule has 132 valence electrons. The van der Waals surface area contributed by atoms with Gasteiger partial charge in [-0.05, 0) is 24.3 Å². The van der Waals surface area contributed by atoms with Crippen molar-refractivity contribution in [3.63, 3.8) is 0 Å². The number of hydrogen-bond acceptors (Lipinski definition) is 6. The van der Waals surface area contributed by atoms with E-state index >= 15 is 0 Å². The second-order valence-corrected chi connectivity index (χ2v) is 5.16. The number of nitriles is 1. The van der Waals surface area contributed by atoms with Crippen LogP contribution in [0.25, 0.3) is 0 Å². The average molecular weight is 346 g/mol. The zero-order valence-corrected chi connectivity index (χ0v) is 13.4. The van der Waals surface area contributed by atoms with Crippen molar-refractivity contribution >= 4 is 0 Å². The molecule has 0 aliphatic rings. The largest absolute Gasteiger partial charge is 0.489 e. The van der Waals surface area contributed by atoms with E-state index in [0.29, 0.717) is 11.3 Å². The van der Waals surface area contributed by atoms with Gasteiger partial charge in [-0.15, -0.1) is 0 Å². The number of ether oxygens (including phenoxy) is 2. The number of aliphatic hydroxyl groups excluding tert-OH is 2.